The molecule has 1 aliphatic carbocycles. The number of hydrogen-bond acceptors (Lipinski definition) is 3. The number of hydrogen-bond donors (Lipinski definition) is 1. The molecule has 102 valence electrons. The molecule has 4 nitrogen and oxygen atoms in total. The number of rotatable bonds is 4. The fraction of sp³-hybridized carbons (Fsp3) is 0.467. The predicted molar refractivity (Wildman–Crippen MR) is 72.7 cm³/mol. The third-order valence-corrected chi connectivity index (χ3v) is 3.42. The molecule has 19 heavy (non-hydrogen) atoms. The Morgan fingerprint density at radius 1 is 1.26 bits per heavy atom. The number of carbonyl (C=O) groups is 2. The summed E-state index contributed by atoms with van der Waals surface area (Å²) in [4.78, 5) is 23.5. The first-order valence-corrected chi connectivity index (χ1v) is 6.64. The van der Waals surface area contributed by atoms with Gasteiger partial charge in [0, 0.05) is 5.69 Å². The van der Waals surface area contributed by atoms with E-state index in [1.807, 2.05) is 31.2 Å². The number of esters is 1. The molecule has 1 saturated carbocycles. The zero-order chi connectivity index (χ0) is 13.8. The van der Waals surface area contributed by atoms with Crippen LogP contribution in [0.4, 0.5) is 5.69 Å². The number of anilines is 1. The van der Waals surface area contributed by atoms with Crippen molar-refractivity contribution in [3.8, 4) is 0 Å². The summed E-state index contributed by atoms with van der Waals surface area (Å²) in [5.74, 6) is -0.552. The Kier molecular flexibility index (Phi) is 4.20. The van der Waals surface area contributed by atoms with Crippen LogP contribution in [0.1, 0.15) is 31.7 Å². The second-order valence-corrected chi connectivity index (χ2v) is 5.06. The molecule has 1 aromatic rings. The first-order chi connectivity index (χ1) is 9.06. The Morgan fingerprint density at radius 2 is 1.89 bits per heavy atom. The molecule has 1 fully saturated rings. The summed E-state index contributed by atoms with van der Waals surface area (Å²) < 4.78 is 5.16. The molecule has 0 bridgehead atoms. The molecule has 0 spiro atoms. The van der Waals surface area contributed by atoms with Crippen LogP contribution in [0.15, 0.2) is 24.3 Å². The van der Waals surface area contributed by atoms with Crippen LogP contribution in [-0.4, -0.2) is 18.0 Å². The van der Waals surface area contributed by atoms with Gasteiger partial charge < -0.3 is 10.1 Å². The molecule has 0 aromatic heterocycles. The lowest BCUT2D eigenvalue weighted by molar-refractivity contribution is -0.159. The highest BCUT2D eigenvalue weighted by Gasteiger charge is 2.29. The number of amides is 1. The van der Waals surface area contributed by atoms with E-state index in [-0.39, 0.29) is 17.8 Å². The highest BCUT2D eigenvalue weighted by molar-refractivity contribution is 5.95. The van der Waals surface area contributed by atoms with Crippen molar-refractivity contribution in [1.29, 1.82) is 0 Å². The Morgan fingerprint density at radius 3 is 2.42 bits per heavy atom. The fourth-order valence-corrected chi connectivity index (χ4v) is 1.85. The van der Waals surface area contributed by atoms with Crippen LogP contribution in [0.2, 0.25) is 0 Å². The van der Waals surface area contributed by atoms with E-state index in [1.165, 1.54) is 0 Å². The zero-order valence-electron chi connectivity index (χ0n) is 11.3. The highest BCUT2D eigenvalue weighted by atomic mass is 16.5. The van der Waals surface area contributed by atoms with Crippen LogP contribution in [0.25, 0.3) is 0 Å². The van der Waals surface area contributed by atoms with Gasteiger partial charge in [0.1, 0.15) is 0 Å². The Labute approximate surface area is 113 Å². The number of carbonyl (C=O) groups excluding carboxylic acids is 2. The van der Waals surface area contributed by atoms with Crippen LogP contribution in [-0.2, 0) is 14.3 Å². The fourth-order valence-electron chi connectivity index (χ4n) is 1.85. The minimum atomic E-state index is -0.755. The summed E-state index contributed by atoms with van der Waals surface area (Å²) in [5, 5.41) is 2.73. The van der Waals surface area contributed by atoms with Gasteiger partial charge in [0.25, 0.3) is 5.91 Å². The lowest BCUT2D eigenvalue weighted by Gasteiger charge is -2.24. The van der Waals surface area contributed by atoms with Crippen molar-refractivity contribution in [1.82, 2.24) is 0 Å². The average Bonchev–Trinajstić information content (AvgIpc) is 2.29. The smallest absolute Gasteiger partial charge is 0.309 e. The molecule has 0 heterocycles. The Hall–Kier alpha value is -1.84. The molecule has 2 rings (SSSR count). The van der Waals surface area contributed by atoms with Gasteiger partial charge in [-0.05, 0) is 38.8 Å². The number of nitrogens with one attached hydrogen (secondary N) is 1. The van der Waals surface area contributed by atoms with Gasteiger partial charge in [-0.25, -0.2) is 0 Å². The van der Waals surface area contributed by atoms with Gasteiger partial charge >= 0.3 is 5.97 Å². The predicted octanol–water partition coefficient (Wildman–Crippen LogP) is 2.67. The molecule has 1 amide bonds. The summed E-state index contributed by atoms with van der Waals surface area (Å²) in [5.41, 5.74) is 1.84. The molecule has 1 unspecified atom stereocenters. The van der Waals surface area contributed by atoms with E-state index in [9.17, 15) is 9.59 Å². The molecule has 0 aliphatic heterocycles. The minimum Gasteiger partial charge on any atom is -0.452 e. The number of aryl methyl sites for hydroxylation is 1. The van der Waals surface area contributed by atoms with Gasteiger partial charge in [-0.2, -0.15) is 0 Å². The van der Waals surface area contributed by atoms with Crippen molar-refractivity contribution < 1.29 is 14.3 Å². The van der Waals surface area contributed by atoms with Crippen molar-refractivity contribution >= 4 is 17.6 Å². The number of benzene rings is 1. The summed E-state index contributed by atoms with van der Waals surface area (Å²) in [6.45, 7) is 3.58. The van der Waals surface area contributed by atoms with E-state index in [2.05, 4.69) is 5.32 Å². The van der Waals surface area contributed by atoms with Gasteiger partial charge in [-0.15, -0.1) is 0 Å². The molecule has 1 aliphatic rings. The van der Waals surface area contributed by atoms with Crippen LogP contribution in [0.5, 0.6) is 0 Å². The van der Waals surface area contributed by atoms with Gasteiger partial charge in [-0.3, -0.25) is 9.59 Å². The second kappa shape index (κ2) is 5.87. The molecular formula is C15H19NO3. The highest BCUT2D eigenvalue weighted by Crippen LogP contribution is 2.27. The van der Waals surface area contributed by atoms with E-state index in [0.29, 0.717) is 5.69 Å². The van der Waals surface area contributed by atoms with Crippen molar-refractivity contribution in [2.75, 3.05) is 5.32 Å². The van der Waals surface area contributed by atoms with Crippen molar-refractivity contribution in [3.63, 3.8) is 0 Å². The van der Waals surface area contributed by atoms with Crippen LogP contribution < -0.4 is 5.32 Å². The standard InChI is InChI=1S/C15H19NO3/c1-10-6-8-13(9-7-10)16-14(17)11(2)19-15(18)12-4-3-5-12/h6-9,11-12H,3-5H2,1-2H3,(H,16,17). The van der Waals surface area contributed by atoms with Gasteiger partial charge in [0.15, 0.2) is 6.10 Å². The first-order valence-electron chi connectivity index (χ1n) is 6.64. The quantitative estimate of drug-likeness (QED) is 0.848. The van der Waals surface area contributed by atoms with Gasteiger partial charge in [0.2, 0.25) is 0 Å². The summed E-state index contributed by atoms with van der Waals surface area (Å²) in [7, 11) is 0. The minimum absolute atomic E-state index is 0.00498. The SMILES string of the molecule is Cc1ccc(NC(=O)C(C)OC(=O)C2CCC2)cc1. The molecule has 1 aromatic carbocycles. The van der Waals surface area contributed by atoms with E-state index in [4.69, 9.17) is 4.74 Å². The topological polar surface area (TPSA) is 55.4 Å². The van der Waals surface area contributed by atoms with Gasteiger partial charge in [-0.1, -0.05) is 24.1 Å². The largest absolute Gasteiger partial charge is 0.452 e. The molecular weight excluding hydrogens is 242 g/mol. The molecule has 0 saturated heterocycles. The van der Waals surface area contributed by atoms with E-state index >= 15 is 0 Å². The first kappa shape index (κ1) is 13.6. The van der Waals surface area contributed by atoms with E-state index in [1.54, 1.807) is 6.92 Å². The molecule has 1 N–H and O–H groups in total. The Balaban J connectivity index is 1.84. The summed E-state index contributed by atoms with van der Waals surface area (Å²) in [6.07, 6.45) is 2.08. The van der Waals surface area contributed by atoms with Crippen LogP contribution in [0.3, 0.4) is 0 Å². The lowest BCUT2D eigenvalue weighted by Crippen LogP contribution is -2.34. The second-order valence-electron chi connectivity index (χ2n) is 5.06. The normalized spacial score (nSPS) is 16.3. The number of ether oxygens (including phenoxy) is 1. The van der Waals surface area contributed by atoms with Crippen LogP contribution in [0, 0.1) is 12.8 Å². The molecule has 1 atom stereocenters. The maximum atomic E-state index is 11.9. The zero-order valence-corrected chi connectivity index (χ0v) is 11.3. The maximum absolute atomic E-state index is 11.9. The summed E-state index contributed by atoms with van der Waals surface area (Å²) >= 11 is 0. The third-order valence-electron chi connectivity index (χ3n) is 3.42. The van der Waals surface area contributed by atoms with Crippen LogP contribution >= 0.6 is 0 Å². The van der Waals surface area contributed by atoms with Crippen molar-refractivity contribution in [2.45, 2.75) is 39.2 Å². The average molecular weight is 261 g/mol. The molecule has 4 heteroatoms. The van der Waals surface area contributed by atoms with Crippen molar-refractivity contribution in [3.05, 3.63) is 29.8 Å². The Bertz CT molecular complexity index is 463. The summed E-state index contributed by atoms with van der Waals surface area (Å²) in [6, 6.07) is 7.49. The monoisotopic (exact) mass is 261 g/mol. The van der Waals surface area contributed by atoms with Crippen molar-refractivity contribution in [2.24, 2.45) is 5.92 Å². The van der Waals surface area contributed by atoms with E-state index in [0.717, 1.165) is 24.8 Å². The maximum Gasteiger partial charge on any atom is 0.309 e. The lowest BCUT2D eigenvalue weighted by atomic mass is 9.86. The van der Waals surface area contributed by atoms with Gasteiger partial charge in [0.05, 0.1) is 5.92 Å². The van der Waals surface area contributed by atoms with E-state index < -0.39 is 6.10 Å². The molecule has 0 radical (unpaired) electrons. The third kappa shape index (κ3) is 3.56.